The minimum absolute atomic E-state index is 0.233. The summed E-state index contributed by atoms with van der Waals surface area (Å²) < 4.78 is 23.7. The maximum Gasteiger partial charge on any atom is 0.321 e. The van der Waals surface area contributed by atoms with Crippen molar-refractivity contribution in [1.82, 2.24) is 0 Å². The summed E-state index contributed by atoms with van der Waals surface area (Å²) in [5.74, 6) is 1.44. The number of hydrogen-bond donors (Lipinski definition) is 0. The topological polar surface area (TPSA) is 36.9 Å². The van der Waals surface area contributed by atoms with E-state index in [-0.39, 0.29) is 6.79 Å². The monoisotopic (exact) mass is 442 g/mol. The van der Waals surface area contributed by atoms with E-state index in [1.807, 2.05) is 0 Å². The quantitative estimate of drug-likeness (QED) is 0.0803. The molecule has 0 N–H and O–H groups in total. The van der Waals surface area contributed by atoms with Gasteiger partial charge in [-0.2, -0.15) is 0 Å². The van der Waals surface area contributed by atoms with Crippen molar-refractivity contribution in [3.05, 3.63) is 11.7 Å². The molecule has 0 bridgehead atoms. The van der Waals surface area contributed by atoms with Gasteiger partial charge in [0.1, 0.15) is 0 Å². The summed E-state index contributed by atoms with van der Waals surface area (Å²) in [7, 11) is 0. The minimum atomic E-state index is 0.233. The van der Waals surface area contributed by atoms with Crippen molar-refractivity contribution in [2.24, 2.45) is 0 Å². The van der Waals surface area contributed by atoms with Gasteiger partial charge in [-0.1, -0.05) is 105 Å². The molecule has 0 fully saturated rings. The lowest BCUT2D eigenvalue weighted by Crippen LogP contribution is -2.10. The van der Waals surface area contributed by atoms with Gasteiger partial charge in [0.2, 0.25) is 0 Å². The van der Waals surface area contributed by atoms with Crippen LogP contribution in [0.15, 0.2) is 11.7 Å². The van der Waals surface area contributed by atoms with Gasteiger partial charge in [0.05, 0.1) is 19.8 Å². The first-order valence-electron chi connectivity index (χ1n) is 13.5. The van der Waals surface area contributed by atoms with Crippen LogP contribution in [0.2, 0.25) is 0 Å². The molecule has 0 aliphatic rings. The van der Waals surface area contributed by atoms with Crippen LogP contribution in [0.3, 0.4) is 0 Å². The van der Waals surface area contributed by atoms with Gasteiger partial charge in [-0.3, -0.25) is 0 Å². The normalized spacial score (nSPS) is 12.0. The molecule has 0 spiro atoms. The predicted octanol–water partition coefficient (Wildman–Crippen LogP) is 8.89. The van der Waals surface area contributed by atoms with Crippen molar-refractivity contribution in [3.8, 4) is 0 Å². The lowest BCUT2D eigenvalue weighted by Gasteiger charge is -2.18. The molecule has 4 nitrogen and oxygen atoms in total. The van der Waals surface area contributed by atoms with Crippen LogP contribution in [-0.4, -0.2) is 26.6 Å². The highest BCUT2D eigenvalue weighted by molar-refractivity contribution is 4.95. The third-order valence-electron chi connectivity index (χ3n) is 5.36. The van der Waals surface area contributed by atoms with E-state index in [1.165, 1.54) is 77.0 Å². The highest BCUT2D eigenvalue weighted by Gasteiger charge is 2.13. The molecule has 186 valence electrons. The minimum Gasteiger partial charge on any atom is -0.491 e. The number of allylic oxidation sites excluding steroid dienone is 1. The Hall–Kier alpha value is -0.900. The third-order valence-corrected chi connectivity index (χ3v) is 5.36. The molecule has 0 saturated heterocycles. The first-order valence-corrected chi connectivity index (χ1v) is 13.5. The fraction of sp³-hybridized carbons (Fsp3) is 0.926. The average molecular weight is 443 g/mol. The molecule has 0 aliphatic heterocycles. The number of ether oxygens (including phenoxy) is 4. The molecule has 0 aromatic rings. The third kappa shape index (κ3) is 20.7. The van der Waals surface area contributed by atoms with E-state index in [1.54, 1.807) is 0 Å². The summed E-state index contributed by atoms with van der Waals surface area (Å²) in [6.07, 6.45) is 20.4. The largest absolute Gasteiger partial charge is 0.491 e. The Kier molecular flexibility index (Phi) is 24.6. The maximum absolute atomic E-state index is 6.20. The number of rotatable bonds is 25. The molecule has 4 heteroatoms. The highest BCUT2D eigenvalue weighted by atomic mass is 16.7. The number of hydrogen-bond acceptors (Lipinski definition) is 4. The van der Waals surface area contributed by atoms with Crippen LogP contribution >= 0.6 is 0 Å². The van der Waals surface area contributed by atoms with Crippen molar-refractivity contribution in [2.75, 3.05) is 26.6 Å². The van der Waals surface area contributed by atoms with E-state index in [2.05, 4.69) is 27.7 Å². The van der Waals surface area contributed by atoms with Crippen molar-refractivity contribution in [3.63, 3.8) is 0 Å². The van der Waals surface area contributed by atoms with Gasteiger partial charge in [0.15, 0.2) is 12.6 Å². The van der Waals surface area contributed by atoms with Crippen molar-refractivity contribution in [1.29, 1.82) is 0 Å². The molecule has 0 aliphatic carbocycles. The molecule has 0 radical (unpaired) electrons. The predicted molar refractivity (Wildman–Crippen MR) is 132 cm³/mol. The van der Waals surface area contributed by atoms with Gasteiger partial charge in [0.25, 0.3) is 0 Å². The summed E-state index contributed by atoms with van der Waals surface area (Å²) in [4.78, 5) is 0. The Morgan fingerprint density at radius 2 is 0.968 bits per heavy atom. The first-order chi connectivity index (χ1) is 15.3. The lowest BCUT2D eigenvalue weighted by atomic mass is 10.1. The Bertz CT molecular complexity index is 381. The second-order valence-corrected chi connectivity index (χ2v) is 8.57. The molecule has 0 aromatic carbocycles. The SMILES string of the molecule is CCCCCCCCOC(CCCCC)=C(OCCCCCCCC)OCOCCC. The zero-order valence-corrected chi connectivity index (χ0v) is 21.5. The molecule has 0 rings (SSSR count). The van der Waals surface area contributed by atoms with Crippen LogP contribution in [0, 0.1) is 0 Å². The molecule has 0 unspecified atom stereocenters. The Morgan fingerprint density at radius 3 is 1.55 bits per heavy atom. The summed E-state index contributed by atoms with van der Waals surface area (Å²) in [6.45, 7) is 11.2. The zero-order chi connectivity index (χ0) is 22.8. The Morgan fingerprint density at radius 1 is 0.452 bits per heavy atom. The molecular weight excluding hydrogens is 388 g/mol. The summed E-state index contributed by atoms with van der Waals surface area (Å²) >= 11 is 0. The standard InChI is InChI=1S/C27H54O4/c1-5-9-12-14-16-19-23-29-26(21-18-11-7-3)27(31-25-28-22-8-4)30-24-20-17-15-13-10-6-2/h5-25H2,1-4H3. The maximum atomic E-state index is 6.20. The van der Waals surface area contributed by atoms with Crippen LogP contribution < -0.4 is 0 Å². The highest BCUT2D eigenvalue weighted by Crippen LogP contribution is 2.19. The van der Waals surface area contributed by atoms with Crippen molar-refractivity contribution < 1.29 is 18.9 Å². The van der Waals surface area contributed by atoms with Gasteiger partial charge < -0.3 is 18.9 Å². The summed E-state index contributed by atoms with van der Waals surface area (Å²) in [5, 5.41) is 0. The fourth-order valence-corrected chi connectivity index (χ4v) is 3.39. The van der Waals surface area contributed by atoms with Crippen LogP contribution in [0.1, 0.15) is 137 Å². The van der Waals surface area contributed by atoms with E-state index in [9.17, 15) is 0 Å². The van der Waals surface area contributed by atoms with E-state index in [0.29, 0.717) is 19.2 Å². The van der Waals surface area contributed by atoms with Crippen molar-refractivity contribution in [2.45, 2.75) is 137 Å². The zero-order valence-electron chi connectivity index (χ0n) is 21.5. The molecule has 0 heterocycles. The summed E-state index contributed by atoms with van der Waals surface area (Å²) in [6, 6.07) is 0. The Labute approximate surface area is 194 Å². The Balaban J connectivity index is 4.66. The van der Waals surface area contributed by atoms with E-state index < -0.39 is 0 Å². The molecule has 0 aromatic heterocycles. The molecule has 0 atom stereocenters. The van der Waals surface area contributed by atoms with Gasteiger partial charge in [-0.05, 0) is 25.7 Å². The van der Waals surface area contributed by atoms with Crippen LogP contribution in [-0.2, 0) is 18.9 Å². The van der Waals surface area contributed by atoms with Gasteiger partial charge in [0, 0.05) is 6.42 Å². The molecule has 0 amide bonds. The van der Waals surface area contributed by atoms with Crippen LogP contribution in [0.5, 0.6) is 0 Å². The first kappa shape index (κ1) is 30.1. The van der Waals surface area contributed by atoms with E-state index >= 15 is 0 Å². The van der Waals surface area contributed by atoms with Gasteiger partial charge in [-0.25, -0.2) is 0 Å². The number of unbranched alkanes of at least 4 members (excludes halogenated alkanes) is 12. The second-order valence-electron chi connectivity index (χ2n) is 8.57. The summed E-state index contributed by atoms with van der Waals surface area (Å²) in [5.41, 5.74) is 0. The van der Waals surface area contributed by atoms with Gasteiger partial charge in [-0.15, -0.1) is 0 Å². The van der Waals surface area contributed by atoms with Gasteiger partial charge >= 0.3 is 5.95 Å². The average Bonchev–Trinajstić information content (AvgIpc) is 2.78. The van der Waals surface area contributed by atoms with Crippen molar-refractivity contribution >= 4 is 0 Å². The lowest BCUT2D eigenvalue weighted by molar-refractivity contribution is -0.0838. The molecule has 0 saturated carbocycles. The van der Waals surface area contributed by atoms with E-state index in [4.69, 9.17) is 18.9 Å². The second kappa shape index (κ2) is 25.4. The van der Waals surface area contributed by atoms with Crippen LogP contribution in [0.25, 0.3) is 0 Å². The fourth-order valence-electron chi connectivity index (χ4n) is 3.39. The smallest absolute Gasteiger partial charge is 0.321 e. The molecular formula is C27H54O4. The van der Waals surface area contributed by atoms with E-state index in [0.717, 1.165) is 44.5 Å². The van der Waals surface area contributed by atoms with Crippen LogP contribution in [0.4, 0.5) is 0 Å². The molecule has 31 heavy (non-hydrogen) atoms.